The fourth-order valence-electron chi connectivity index (χ4n) is 1.97. The maximum absolute atomic E-state index is 5.77. The molecule has 0 aromatic carbocycles. The lowest BCUT2D eigenvalue weighted by Crippen LogP contribution is -2.48. The van der Waals surface area contributed by atoms with Crippen LogP contribution in [0.2, 0.25) is 0 Å². The zero-order chi connectivity index (χ0) is 11.5. The first kappa shape index (κ1) is 11.4. The Morgan fingerprint density at radius 3 is 2.94 bits per heavy atom. The van der Waals surface area contributed by atoms with Crippen molar-refractivity contribution in [1.82, 2.24) is 9.88 Å². The van der Waals surface area contributed by atoms with Crippen LogP contribution >= 0.6 is 0 Å². The fourth-order valence-corrected chi connectivity index (χ4v) is 1.97. The topological polar surface area (TPSA) is 25.4 Å². The molecule has 2 heterocycles. The molecule has 2 rings (SSSR count). The Balaban J connectivity index is 1.93. The highest BCUT2D eigenvalue weighted by atomic mass is 16.5. The molecule has 3 heteroatoms. The van der Waals surface area contributed by atoms with Crippen LogP contribution in [0.3, 0.4) is 0 Å². The van der Waals surface area contributed by atoms with Crippen LogP contribution in [0.25, 0.3) is 0 Å². The summed E-state index contributed by atoms with van der Waals surface area (Å²) in [6.45, 7) is 6.17. The Kier molecular flexibility index (Phi) is 3.44. The molecule has 1 aliphatic heterocycles. The highest BCUT2D eigenvalue weighted by molar-refractivity contribution is 5.28. The van der Waals surface area contributed by atoms with E-state index >= 15 is 0 Å². The molecule has 0 bridgehead atoms. The summed E-state index contributed by atoms with van der Waals surface area (Å²) in [7, 11) is 2.14. The summed E-state index contributed by atoms with van der Waals surface area (Å²) in [4.78, 5) is 6.67. The molecule has 1 atom stereocenters. The van der Waals surface area contributed by atoms with Gasteiger partial charge < -0.3 is 4.74 Å². The van der Waals surface area contributed by atoms with Gasteiger partial charge in [-0.3, -0.25) is 9.88 Å². The zero-order valence-corrected chi connectivity index (χ0v) is 10.4. The van der Waals surface area contributed by atoms with E-state index in [1.54, 1.807) is 0 Å². The third kappa shape index (κ3) is 2.35. The average Bonchev–Trinajstić information content (AvgIpc) is 2.29. The van der Waals surface area contributed by atoms with E-state index in [0.717, 1.165) is 24.5 Å². The van der Waals surface area contributed by atoms with Gasteiger partial charge in [0.2, 0.25) is 0 Å². The van der Waals surface area contributed by atoms with Gasteiger partial charge in [0.05, 0.1) is 6.20 Å². The number of hydrogen-bond donors (Lipinski definition) is 0. The maximum atomic E-state index is 5.77. The van der Waals surface area contributed by atoms with Gasteiger partial charge in [-0.05, 0) is 45.0 Å². The van der Waals surface area contributed by atoms with E-state index in [1.165, 1.54) is 18.5 Å². The number of likely N-dealkylation sites (tertiary alicyclic amines) is 1. The second-order valence-corrected chi connectivity index (χ2v) is 4.50. The predicted octanol–water partition coefficient (Wildman–Crippen LogP) is 2.04. The Morgan fingerprint density at radius 2 is 2.38 bits per heavy atom. The standard InChI is InChI=1S/C13H20N2O/c1-4-11-7-13(8-14-10(11)2)16-9-12-5-6-15(12)3/h7-8,12H,4-6,9H2,1-3H3/t12-/m0/s1. The summed E-state index contributed by atoms with van der Waals surface area (Å²) in [6.07, 6.45) is 4.09. The van der Waals surface area contributed by atoms with Crippen LogP contribution in [0.5, 0.6) is 5.75 Å². The van der Waals surface area contributed by atoms with Crippen LogP contribution < -0.4 is 4.74 Å². The van der Waals surface area contributed by atoms with Crippen LogP contribution in [0.4, 0.5) is 0 Å². The Bertz CT molecular complexity index is 365. The van der Waals surface area contributed by atoms with E-state index in [2.05, 4.69) is 29.9 Å². The molecular formula is C13H20N2O. The molecule has 0 amide bonds. The lowest BCUT2D eigenvalue weighted by atomic mass is 10.1. The Hall–Kier alpha value is -1.09. The summed E-state index contributed by atoms with van der Waals surface area (Å²) >= 11 is 0. The lowest BCUT2D eigenvalue weighted by molar-refractivity contribution is 0.0767. The molecule has 3 nitrogen and oxygen atoms in total. The van der Waals surface area contributed by atoms with Crippen LogP contribution in [0, 0.1) is 6.92 Å². The zero-order valence-electron chi connectivity index (χ0n) is 10.4. The normalized spacial score (nSPS) is 20.6. The number of likely N-dealkylation sites (N-methyl/N-ethyl adjacent to an activating group) is 1. The summed E-state index contributed by atoms with van der Waals surface area (Å²) in [6, 6.07) is 2.70. The molecule has 0 unspecified atom stereocenters. The van der Waals surface area contributed by atoms with Gasteiger partial charge in [-0.1, -0.05) is 6.92 Å². The van der Waals surface area contributed by atoms with E-state index in [4.69, 9.17) is 4.74 Å². The van der Waals surface area contributed by atoms with Crippen molar-refractivity contribution < 1.29 is 4.74 Å². The molecule has 16 heavy (non-hydrogen) atoms. The van der Waals surface area contributed by atoms with Crippen LogP contribution in [-0.4, -0.2) is 36.1 Å². The van der Waals surface area contributed by atoms with Gasteiger partial charge in [0.1, 0.15) is 12.4 Å². The van der Waals surface area contributed by atoms with Crippen molar-refractivity contribution >= 4 is 0 Å². The van der Waals surface area contributed by atoms with Gasteiger partial charge in [0.25, 0.3) is 0 Å². The minimum absolute atomic E-state index is 0.589. The van der Waals surface area contributed by atoms with Crippen molar-refractivity contribution in [2.45, 2.75) is 32.7 Å². The molecule has 0 saturated carbocycles. The summed E-state index contributed by atoms with van der Waals surface area (Å²) < 4.78 is 5.77. The van der Waals surface area contributed by atoms with Crippen molar-refractivity contribution in [2.24, 2.45) is 0 Å². The number of nitrogens with zero attached hydrogens (tertiary/aromatic N) is 2. The Labute approximate surface area is 97.4 Å². The smallest absolute Gasteiger partial charge is 0.137 e. The fraction of sp³-hybridized carbons (Fsp3) is 0.615. The molecule has 1 saturated heterocycles. The molecule has 88 valence electrons. The molecule has 0 N–H and O–H groups in total. The average molecular weight is 220 g/mol. The molecule has 1 fully saturated rings. The molecule has 0 spiro atoms. The number of aromatic nitrogens is 1. The van der Waals surface area contributed by atoms with Crippen molar-refractivity contribution in [3.63, 3.8) is 0 Å². The highest BCUT2D eigenvalue weighted by Crippen LogP contribution is 2.19. The minimum Gasteiger partial charge on any atom is -0.490 e. The summed E-state index contributed by atoms with van der Waals surface area (Å²) in [5.41, 5.74) is 2.38. The quantitative estimate of drug-likeness (QED) is 0.776. The first-order valence-electron chi connectivity index (χ1n) is 5.99. The van der Waals surface area contributed by atoms with Crippen molar-refractivity contribution in [3.05, 3.63) is 23.5 Å². The van der Waals surface area contributed by atoms with Crippen molar-refractivity contribution in [2.75, 3.05) is 20.2 Å². The second kappa shape index (κ2) is 4.83. The van der Waals surface area contributed by atoms with E-state index in [-0.39, 0.29) is 0 Å². The molecule has 0 aliphatic carbocycles. The van der Waals surface area contributed by atoms with Gasteiger partial charge in [0.15, 0.2) is 0 Å². The summed E-state index contributed by atoms with van der Waals surface area (Å²) in [5.74, 6) is 0.905. The van der Waals surface area contributed by atoms with E-state index in [1.807, 2.05) is 13.1 Å². The van der Waals surface area contributed by atoms with Crippen LogP contribution in [-0.2, 0) is 6.42 Å². The monoisotopic (exact) mass is 220 g/mol. The largest absolute Gasteiger partial charge is 0.490 e. The van der Waals surface area contributed by atoms with Gasteiger partial charge in [0, 0.05) is 11.7 Å². The highest BCUT2D eigenvalue weighted by Gasteiger charge is 2.24. The SMILES string of the molecule is CCc1cc(OC[C@@H]2CCN2C)cnc1C. The van der Waals surface area contributed by atoms with Crippen molar-refractivity contribution in [1.29, 1.82) is 0 Å². The molecule has 1 aromatic heterocycles. The first-order valence-corrected chi connectivity index (χ1v) is 5.99. The van der Waals surface area contributed by atoms with Crippen LogP contribution in [0.1, 0.15) is 24.6 Å². The van der Waals surface area contributed by atoms with E-state index < -0.39 is 0 Å². The third-order valence-corrected chi connectivity index (χ3v) is 3.43. The molecule has 0 radical (unpaired) electrons. The van der Waals surface area contributed by atoms with Gasteiger partial charge in [-0.2, -0.15) is 0 Å². The first-order chi connectivity index (χ1) is 7.70. The van der Waals surface area contributed by atoms with E-state index in [0.29, 0.717) is 6.04 Å². The molecule has 1 aliphatic rings. The molecule has 1 aromatic rings. The minimum atomic E-state index is 0.589. The second-order valence-electron chi connectivity index (χ2n) is 4.50. The van der Waals surface area contributed by atoms with E-state index in [9.17, 15) is 0 Å². The number of hydrogen-bond acceptors (Lipinski definition) is 3. The number of aryl methyl sites for hydroxylation is 2. The summed E-state index contributed by atoms with van der Waals surface area (Å²) in [5, 5.41) is 0. The van der Waals surface area contributed by atoms with Crippen LogP contribution in [0.15, 0.2) is 12.3 Å². The number of pyridine rings is 1. The Morgan fingerprint density at radius 1 is 1.56 bits per heavy atom. The number of ether oxygens (including phenoxy) is 1. The maximum Gasteiger partial charge on any atom is 0.137 e. The van der Waals surface area contributed by atoms with Gasteiger partial charge in [-0.25, -0.2) is 0 Å². The number of rotatable bonds is 4. The lowest BCUT2D eigenvalue weighted by Gasteiger charge is -2.37. The van der Waals surface area contributed by atoms with Crippen molar-refractivity contribution in [3.8, 4) is 5.75 Å². The van der Waals surface area contributed by atoms with Gasteiger partial charge >= 0.3 is 0 Å². The molecular weight excluding hydrogens is 200 g/mol. The third-order valence-electron chi connectivity index (χ3n) is 3.43. The van der Waals surface area contributed by atoms with Gasteiger partial charge in [-0.15, -0.1) is 0 Å². The predicted molar refractivity (Wildman–Crippen MR) is 64.9 cm³/mol.